The van der Waals surface area contributed by atoms with Crippen molar-refractivity contribution < 1.29 is 14.1 Å². The Bertz CT molecular complexity index is 976. The first-order valence-corrected chi connectivity index (χ1v) is 9.30. The molecule has 7 nitrogen and oxygen atoms in total. The lowest BCUT2D eigenvalue weighted by Gasteiger charge is -2.16. The highest BCUT2D eigenvalue weighted by molar-refractivity contribution is 6.41. The minimum absolute atomic E-state index is 0.157. The number of carbonyl (C=O) groups is 1. The minimum Gasteiger partial charge on any atom is -0.489 e. The van der Waals surface area contributed by atoms with Crippen molar-refractivity contribution in [3.05, 3.63) is 62.7 Å². The lowest BCUT2D eigenvalue weighted by molar-refractivity contribution is 0.0783. The molecule has 0 aliphatic carbocycles. The Hall–Kier alpha value is -2.51. The van der Waals surface area contributed by atoms with Crippen LogP contribution in [0.1, 0.15) is 33.1 Å². The summed E-state index contributed by atoms with van der Waals surface area (Å²) in [6.07, 6.45) is 0. The Morgan fingerprint density at radius 3 is 2.46 bits per heavy atom. The van der Waals surface area contributed by atoms with Crippen molar-refractivity contribution in [2.24, 2.45) is 7.05 Å². The number of amides is 1. The molecule has 0 spiro atoms. The van der Waals surface area contributed by atoms with Crippen molar-refractivity contribution in [3.8, 4) is 5.75 Å². The molecular formula is C19H20Cl2N4O3. The zero-order valence-corrected chi connectivity index (χ0v) is 17.5. The first-order valence-electron chi connectivity index (χ1n) is 8.55. The topological polar surface area (TPSA) is 73.4 Å². The standard InChI is InChI=1S/C19H20Cl2N4O3/c1-11-15(12(2)28-23-11)10-27-14-7-5-13(6-8-14)19(26)24(3)9-16-17(20)18(21)25(4)22-16/h5-8H,9-10H2,1-4H3. The van der Waals surface area contributed by atoms with Gasteiger partial charge in [0, 0.05) is 19.7 Å². The molecule has 0 aliphatic rings. The number of aryl methyl sites for hydroxylation is 3. The van der Waals surface area contributed by atoms with Gasteiger partial charge in [0.25, 0.3) is 5.91 Å². The summed E-state index contributed by atoms with van der Waals surface area (Å²) in [6.45, 7) is 4.32. The van der Waals surface area contributed by atoms with Gasteiger partial charge < -0.3 is 14.2 Å². The molecule has 28 heavy (non-hydrogen) atoms. The fraction of sp³-hybridized carbons (Fsp3) is 0.316. The van der Waals surface area contributed by atoms with Crippen LogP contribution in [0.25, 0.3) is 0 Å². The molecule has 0 radical (unpaired) electrons. The van der Waals surface area contributed by atoms with Gasteiger partial charge in [-0.25, -0.2) is 0 Å². The normalized spacial score (nSPS) is 10.9. The van der Waals surface area contributed by atoms with E-state index in [1.54, 1.807) is 38.4 Å². The van der Waals surface area contributed by atoms with Crippen LogP contribution >= 0.6 is 23.2 Å². The Morgan fingerprint density at radius 1 is 1.25 bits per heavy atom. The summed E-state index contributed by atoms with van der Waals surface area (Å²) in [5.41, 5.74) is 2.81. The molecule has 0 N–H and O–H groups in total. The van der Waals surface area contributed by atoms with Crippen LogP contribution in [0.3, 0.4) is 0 Å². The van der Waals surface area contributed by atoms with Crippen molar-refractivity contribution in [2.45, 2.75) is 27.0 Å². The second kappa shape index (κ2) is 8.24. The third-order valence-electron chi connectivity index (χ3n) is 4.39. The molecule has 0 saturated carbocycles. The number of rotatable bonds is 6. The summed E-state index contributed by atoms with van der Waals surface area (Å²) in [5.74, 6) is 1.23. The number of ether oxygens (including phenoxy) is 1. The molecule has 148 valence electrons. The molecule has 0 aliphatic heterocycles. The van der Waals surface area contributed by atoms with Gasteiger partial charge in [-0.15, -0.1) is 0 Å². The van der Waals surface area contributed by atoms with Crippen LogP contribution in [-0.2, 0) is 20.2 Å². The van der Waals surface area contributed by atoms with E-state index in [-0.39, 0.29) is 12.5 Å². The van der Waals surface area contributed by atoms with Gasteiger partial charge in [-0.3, -0.25) is 9.48 Å². The highest BCUT2D eigenvalue weighted by Crippen LogP contribution is 2.26. The predicted molar refractivity (Wildman–Crippen MR) is 106 cm³/mol. The van der Waals surface area contributed by atoms with E-state index in [0.29, 0.717) is 33.8 Å². The number of benzene rings is 1. The number of aromatic nitrogens is 3. The SMILES string of the molecule is Cc1noc(C)c1COc1ccc(C(=O)N(C)Cc2nn(C)c(Cl)c2Cl)cc1. The summed E-state index contributed by atoms with van der Waals surface area (Å²) in [7, 11) is 3.38. The zero-order chi connectivity index (χ0) is 20.4. The molecule has 1 aromatic carbocycles. The lowest BCUT2D eigenvalue weighted by atomic mass is 10.2. The second-order valence-corrected chi connectivity index (χ2v) is 7.19. The maximum absolute atomic E-state index is 12.7. The van der Waals surface area contributed by atoms with Crippen molar-refractivity contribution in [2.75, 3.05) is 7.05 Å². The van der Waals surface area contributed by atoms with Crippen LogP contribution < -0.4 is 4.74 Å². The third-order valence-corrected chi connectivity index (χ3v) is 5.32. The molecule has 1 amide bonds. The molecular weight excluding hydrogens is 403 g/mol. The van der Waals surface area contributed by atoms with E-state index < -0.39 is 0 Å². The van der Waals surface area contributed by atoms with E-state index in [2.05, 4.69) is 10.3 Å². The number of carbonyl (C=O) groups excluding carboxylic acids is 1. The van der Waals surface area contributed by atoms with Gasteiger partial charge in [-0.2, -0.15) is 5.10 Å². The predicted octanol–water partition coefficient (Wildman–Crippen LogP) is 4.18. The molecule has 9 heteroatoms. The van der Waals surface area contributed by atoms with Crippen molar-refractivity contribution in [3.63, 3.8) is 0 Å². The Balaban J connectivity index is 1.63. The summed E-state index contributed by atoms with van der Waals surface area (Å²) in [6, 6.07) is 6.94. The van der Waals surface area contributed by atoms with E-state index in [1.807, 2.05) is 13.8 Å². The van der Waals surface area contributed by atoms with Gasteiger partial charge in [-0.1, -0.05) is 28.4 Å². The molecule has 0 bridgehead atoms. The molecule has 2 heterocycles. The van der Waals surface area contributed by atoms with Gasteiger partial charge in [0.05, 0.1) is 17.8 Å². The maximum Gasteiger partial charge on any atom is 0.253 e. The van der Waals surface area contributed by atoms with Gasteiger partial charge >= 0.3 is 0 Å². The van der Waals surface area contributed by atoms with Crippen LogP contribution in [0, 0.1) is 13.8 Å². The average molecular weight is 423 g/mol. The fourth-order valence-electron chi connectivity index (χ4n) is 2.71. The Morgan fingerprint density at radius 2 is 1.93 bits per heavy atom. The Labute approximate surface area is 172 Å². The van der Waals surface area contributed by atoms with Crippen LogP contribution in [0.2, 0.25) is 10.2 Å². The van der Waals surface area contributed by atoms with Crippen molar-refractivity contribution in [1.29, 1.82) is 0 Å². The number of hydrogen-bond acceptors (Lipinski definition) is 5. The summed E-state index contributed by atoms with van der Waals surface area (Å²) >= 11 is 12.2. The molecule has 3 rings (SSSR count). The van der Waals surface area contributed by atoms with Crippen LogP contribution in [-0.4, -0.2) is 32.8 Å². The number of nitrogens with zero attached hydrogens (tertiary/aromatic N) is 4. The highest BCUT2D eigenvalue weighted by atomic mass is 35.5. The van der Waals surface area contributed by atoms with Crippen LogP contribution in [0.15, 0.2) is 28.8 Å². The van der Waals surface area contributed by atoms with Crippen LogP contribution in [0.4, 0.5) is 0 Å². The first-order chi connectivity index (χ1) is 13.3. The zero-order valence-electron chi connectivity index (χ0n) is 16.0. The molecule has 0 unspecified atom stereocenters. The molecule has 0 fully saturated rings. The number of halogens is 2. The second-order valence-electron chi connectivity index (χ2n) is 6.45. The largest absolute Gasteiger partial charge is 0.489 e. The fourth-order valence-corrected chi connectivity index (χ4v) is 3.07. The van der Waals surface area contributed by atoms with Gasteiger partial charge in [-0.05, 0) is 38.1 Å². The first kappa shape index (κ1) is 20.2. The van der Waals surface area contributed by atoms with E-state index >= 15 is 0 Å². The Kier molecular flexibility index (Phi) is 5.96. The van der Waals surface area contributed by atoms with Crippen molar-refractivity contribution in [1.82, 2.24) is 19.8 Å². The van der Waals surface area contributed by atoms with E-state index in [4.69, 9.17) is 32.5 Å². The maximum atomic E-state index is 12.7. The third kappa shape index (κ3) is 4.15. The minimum atomic E-state index is -0.157. The van der Waals surface area contributed by atoms with Crippen molar-refractivity contribution >= 4 is 29.1 Å². The summed E-state index contributed by atoms with van der Waals surface area (Å²) in [4.78, 5) is 14.2. The van der Waals surface area contributed by atoms with E-state index in [0.717, 1.165) is 17.0 Å². The highest BCUT2D eigenvalue weighted by Gasteiger charge is 2.18. The van der Waals surface area contributed by atoms with Gasteiger partial charge in [0.15, 0.2) is 0 Å². The van der Waals surface area contributed by atoms with E-state index in [1.165, 1.54) is 9.58 Å². The molecule has 3 aromatic rings. The number of hydrogen-bond donors (Lipinski definition) is 0. The van der Waals surface area contributed by atoms with Gasteiger partial charge in [0.2, 0.25) is 0 Å². The summed E-state index contributed by atoms with van der Waals surface area (Å²) in [5, 5.41) is 8.83. The molecule has 2 aromatic heterocycles. The lowest BCUT2D eigenvalue weighted by Crippen LogP contribution is -2.26. The van der Waals surface area contributed by atoms with E-state index in [9.17, 15) is 4.79 Å². The molecule has 0 saturated heterocycles. The summed E-state index contributed by atoms with van der Waals surface area (Å²) < 4.78 is 12.4. The van der Waals surface area contributed by atoms with Gasteiger partial charge in [0.1, 0.15) is 34.0 Å². The monoisotopic (exact) mass is 422 g/mol. The molecule has 0 atom stereocenters. The average Bonchev–Trinajstić information content (AvgIpc) is 3.13. The quantitative estimate of drug-likeness (QED) is 0.595. The smallest absolute Gasteiger partial charge is 0.253 e. The van der Waals surface area contributed by atoms with Crippen LogP contribution in [0.5, 0.6) is 5.75 Å².